The predicted molar refractivity (Wildman–Crippen MR) is 104 cm³/mol. The first-order valence-corrected chi connectivity index (χ1v) is 10.1. The maximum Gasteiger partial charge on any atom is 0.251 e. The average Bonchev–Trinajstić information content (AvgIpc) is 3.17. The Labute approximate surface area is 161 Å². The predicted octanol–water partition coefficient (Wildman–Crippen LogP) is 1.75. The summed E-state index contributed by atoms with van der Waals surface area (Å²) in [6.07, 6.45) is 3.68. The molecule has 2 heterocycles. The minimum atomic E-state index is -0.482. The van der Waals surface area contributed by atoms with E-state index in [0.717, 1.165) is 56.5 Å². The van der Waals surface area contributed by atoms with Gasteiger partial charge >= 0.3 is 0 Å². The number of piperidine rings is 1. The first-order valence-electron chi connectivity index (χ1n) is 10.1. The van der Waals surface area contributed by atoms with Crippen LogP contribution in [-0.4, -0.2) is 73.6 Å². The highest BCUT2D eigenvalue weighted by Crippen LogP contribution is 2.14. The summed E-state index contributed by atoms with van der Waals surface area (Å²) in [7, 11) is 0. The standard InChI is InChI=1S/C21H32N2O4/c1-16-5-2-3-7-20(16)21(25)22-17-8-10-23(11-9-17)13-18(24)14-26-15-19-6-4-12-27-19/h2-3,5,7,17-19,24H,4,6,8-15H2,1H3,(H,22,25). The number of aryl methyl sites for hydroxylation is 1. The molecule has 1 aromatic rings. The number of β-amino-alcohol motifs (C(OH)–C–C–N with tert-alkyl or cyclic N) is 1. The Balaban J connectivity index is 1.32. The van der Waals surface area contributed by atoms with E-state index in [4.69, 9.17) is 9.47 Å². The van der Waals surface area contributed by atoms with Gasteiger partial charge < -0.3 is 24.8 Å². The molecule has 27 heavy (non-hydrogen) atoms. The van der Waals surface area contributed by atoms with Gasteiger partial charge in [0, 0.05) is 37.8 Å². The molecular weight excluding hydrogens is 344 g/mol. The van der Waals surface area contributed by atoms with Gasteiger partial charge in [-0.1, -0.05) is 18.2 Å². The van der Waals surface area contributed by atoms with Crippen LogP contribution in [0.5, 0.6) is 0 Å². The number of aliphatic hydroxyl groups excluding tert-OH is 1. The molecular formula is C21H32N2O4. The molecule has 0 aromatic heterocycles. The van der Waals surface area contributed by atoms with Gasteiger partial charge in [-0.05, 0) is 44.2 Å². The Morgan fingerprint density at radius 1 is 1.33 bits per heavy atom. The van der Waals surface area contributed by atoms with Crippen molar-refractivity contribution in [3.63, 3.8) is 0 Å². The molecule has 2 aliphatic rings. The van der Waals surface area contributed by atoms with Crippen LogP contribution in [0.4, 0.5) is 0 Å². The molecule has 2 saturated heterocycles. The van der Waals surface area contributed by atoms with Crippen molar-refractivity contribution < 1.29 is 19.4 Å². The van der Waals surface area contributed by atoms with Gasteiger partial charge in [-0.25, -0.2) is 0 Å². The molecule has 2 fully saturated rings. The van der Waals surface area contributed by atoms with Gasteiger partial charge in [-0.3, -0.25) is 4.79 Å². The summed E-state index contributed by atoms with van der Waals surface area (Å²) in [6, 6.07) is 7.86. The molecule has 0 bridgehead atoms. The maximum atomic E-state index is 12.4. The van der Waals surface area contributed by atoms with Crippen molar-refractivity contribution in [3.05, 3.63) is 35.4 Å². The number of benzene rings is 1. The minimum absolute atomic E-state index is 0.00844. The molecule has 6 nitrogen and oxygen atoms in total. The lowest BCUT2D eigenvalue weighted by molar-refractivity contribution is -0.0268. The van der Waals surface area contributed by atoms with Crippen LogP contribution in [0.15, 0.2) is 24.3 Å². The molecule has 0 aliphatic carbocycles. The number of hydrogen-bond acceptors (Lipinski definition) is 5. The number of hydrogen-bond donors (Lipinski definition) is 2. The van der Waals surface area contributed by atoms with Gasteiger partial charge in [0.25, 0.3) is 5.91 Å². The molecule has 1 amide bonds. The molecule has 0 radical (unpaired) electrons. The van der Waals surface area contributed by atoms with Crippen LogP contribution < -0.4 is 5.32 Å². The zero-order chi connectivity index (χ0) is 19.1. The summed E-state index contributed by atoms with van der Waals surface area (Å²) >= 11 is 0. The second-order valence-corrected chi connectivity index (χ2v) is 7.69. The Hall–Kier alpha value is -1.47. The van der Waals surface area contributed by atoms with E-state index in [2.05, 4.69) is 10.2 Å². The number of carbonyl (C=O) groups is 1. The fourth-order valence-corrected chi connectivity index (χ4v) is 3.81. The summed E-state index contributed by atoms with van der Waals surface area (Å²) in [6.45, 7) is 6.08. The zero-order valence-electron chi connectivity index (χ0n) is 16.2. The monoisotopic (exact) mass is 376 g/mol. The van der Waals surface area contributed by atoms with E-state index in [1.165, 1.54) is 0 Å². The second kappa shape index (κ2) is 10.2. The zero-order valence-corrected chi connectivity index (χ0v) is 16.2. The Bertz CT molecular complexity index is 596. The number of likely N-dealkylation sites (tertiary alicyclic amines) is 1. The Morgan fingerprint density at radius 3 is 2.81 bits per heavy atom. The van der Waals surface area contributed by atoms with Crippen LogP contribution in [0.25, 0.3) is 0 Å². The van der Waals surface area contributed by atoms with Gasteiger partial charge in [0.05, 0.1) is 25.4 Å². The second-order valence-electron chi connectivity index (χ2n) is 7.69. The number of nitrogens with zero attached hydrogens (tertiary/aromatic N) is 1. The van der Waals surface area contributed by atoms with Gasteiger partial charge in [-0.2, -0.15) is 0 Å². The summed E-state index contributed by atoms with van der Waals surface area (Å²) in [5.41, 5.74) is 1.75. The number of aliphatic hydroxyl groups is 1. The Morgan fingerprint density at radius 2 is 2.11 bits per heavy atom. The highest BCUT2D eigenvalue weighted by molar-refractivity contribution is 5.95. The summed E-state index contributed by atoms with van der Waals surface area (Å²) in [5.74, 6) is 0.00844. The molecule has 2 aliphatic heterocycles. The first-order chi connectivity index (χ1) is 13.1. The van der Waals surface area contributed by atoms with E-state index in [0.29, 0.717) is 19.8 Å². The molecule has 1 aromatic carbocycles. The Kier molecular flexibility index (Phi) is 7.64. The topological polar surface area (TPSA) is 71.0 Å². The van der Waals surface area contributed by atoms with Crippen molar-refractivity contribution in [1.82, 2.24) is 10.2 Å². The third kappa shape index (κ3) is 6.28. The molecule has 150 valence electrons. The molecule has 2 unspecified atom stereocenters. The normalized spacial score (nSPS) is 22.7. The molecule has 0 saturated carbocycles. The molecule has 0 spiro atoms. The smallest absolute Gasteiger partial charge is 0.251 e. The fraction of sp³-hybridized carbons (Fsp3) is 0.667. The molecule has 2 atom stereocenters. The van der Waals surface area contributed by atoms with Gasteiger partial charge in [-0.15, -0.1) is 0 Å². The number of amides is 1. The average molecular weight is 376 g/mol. The van der Waals surface area contributed by atoms with E-state index in [1.807, 2.05) is 31.2 Å². The van der Waals surface area contributed by atoms with Crippen molar-refractivity contribution in [3.8, 4) is 0 Å². The van der Waals surface area contributed by atoms with Crippen molar-refractivity contribution in [2.24, 2.45) is 0 Å². The van der Waals surface area contributed by atoms with E-state index < -0.39 is 6.10 Å². The van der Waals surface area contributed by atoms with Crippen LogP contribution in [0.3, 0.4) is 0 Å². The van der Waals surface area contributed by atoms with E-state index in [9.17, 15) is 9.90 Å². The third-order valence-corrected chi connectivity index (χ3v) is 5.42. The van der Waals surface area contributed by atoms with Crippen molar-refractivity contribution in [2.75, 3.05) is 39.5 Å². The van der Waals surface area contributed by atoms with Crippen LogP contribution in [0.2, 0.25) is 0 Å². The van der Waals surface area contributed by atoms with Crippen molar-refractivity contribution in [1.29, 1.82) is 0 Å². The van der Waals surface area contributed by atoms with Crippen LogP contribution in [0, 0.1) is 6.92 Å². The van der Waals surface area contributed by atoms with Crippen LogP contribution in [0.1, 0.15) is 41.6 Å². The third-order valence-electron chi connectivity index (χ3n) is 5.42. The molecule has 3 rings (SSSR count). The largest absolute Gasteiger partial charge is 0.389 e. The number of carbonyl (C=O) groups excluding carboxylic acids is 1. The highest BCUT2D eigenvalue weighted by Gasteiger charge is 2.23. The van der Waals surface area contributed by atoms with Crippen LogP contribution >= 0.6 is 0 Å². The molecule has 2 N–H and O–H groups in total. The lowest BCUT2D eigenvalue weighted by Crippen LogP contribution is -2.47. The van der Waals surface area contributed by atoms with Gasteiger partial charge in [0.15, 0.2) is 0 Å². The number of rotatable bonds is 8. The maximum absolute atomic E-state index is 12.4. The van der Waals surface area contributed by atoms with Gasteiger partial charge in [0.1, 0.15) is 0 Å². The highest BCUT2D eigenvalue weighted by atomic mass is 16.5. The van der Waals surface area contributed by atoms with Gasteiger partial charge in [0.2, 0.25) is 0 Å². The summed E-state index contributed by atoms with van der Waals surface area (Å²) in [5, 5.41) is 13.3. The number of ether oxygens (including phenoxy) is 2. The molecule has 6 heteroatoms. The van der Waals surface area contributed by atoms with Crippen molar-refractivity contribution >= 4 is 5.91 Å². The SMILES string of the molecule is Cc1ccccc1C(=O)NC1CCN(CC(O)COCC2CCCO2)CC1. The quantitative estimate of drug-likeness (QED) is 0.723. The fourth-order valence-electron chi connectivity index (χ4n) is 3.81. The van der Waals surface area contributed by atoms with E-state index >= 15 is 0 Å². The lowest BCUT2D eigenvalue weighted by atomic mass is 10.0. The summed E-state index contributed by atoms with van der Waals surface area (Å²) in [4.78, 5) is 14.7. The van der Waals surface area contributed by atoms with Crippen LogP contribution in [-0.2, 0) is 9.47 Å². The number of nitrogens with one attached hydrogen (secondary N) is 1. The minimum Gasteiger partial charge on any atom is -0.389 e. The van der Waals surface area contributed by atoms with E-state index in [-0.39, 0.29) is 18.1 Å². The first kappa shape index (κ1) is 20.3. The van der Waals surface area contributed by atoms with E-state index in [1.54, 1.807) is 0 Å². The van der Waals surface area contributed by atoms with Crippen molar-refractivity contribution in [2.45, 2.75) is 50.9 Å². The lowest BCUT2D eigenvalue weighted by Gasteiger charge is -2.33. The summed E-state index contributed by atoms with van der Waals surface area (Å²) < 4.78 is 11.1.